The predicted octanol–water partition coefficient (Wildman–Crippen LogP) is 2.02. The maximum absolute atomic E-state index is 5.94. The van der Waals surface area contributed by atoms with Gasteiger partial charge in [0.05, 0.1) is 11.6 Å². The maximum Gasteiger partial charge on any atom is 0.0794 e. The van der Waals surface area contributed by atoms with Gasteiger partial charge in [-0.25, -0.2) is 0 Å². The molecule has 16 heavy (non-hydrogen) atoms. The lowest BCUT2D eigenvalue weighted by Crippen LogP contribution is -2.42. The van der Waals surface area contributed by atoms with Crippen molar-refractivity contribution in [2.24, 2.45) is 11.7 Å². The van der Waals surface area contributed by atoms with Crippen LogP contribution in [0.15, 0.2) is 11.7 Å². The molecular weight excluding hydrogens is 218 g/mol. The number of hydrogen-bond donors (Lipinski definition) is 1. The number of likely N-dealkylation sites (tertiary alicyclic amines) is 1. The Bertz CT molecular complexity index is 334. The standard InChI is InChI=1S/C12H19N3S/c13-6-9-2-1-5-15(10-3-4-10)12(9)11-7-14-8-16-11/h7-10,12H,1-6,13H2. The molecule has 0 aromatic carbocycles. The van der Waals surface area contributed by atoms with Crippen LogP contribution in [0.5, 0.6) is 0 Å². The number of piperidine rings is 1. The molecule has 2 atom stereocenters. The number of rotatable bonds is 3. The summed E-state index contributed by atoms with van der Waals surface area (Å²) in [5.41, 5.74) is 7.89. The molecular formula is C12H19N3S. The number of nitrogens with zero attached hydrogens (tertiary/aromatic N) is 2. The molecule has 0 bridgehead atoms. The summed E-state index contributed by atoms with van der Waals surface area (Å²) < 4.78 is 0. The van der Waals surface area contributed by atoms with E-state index in [9.17, 15) is 0 Å². The molecule has 1 aliphatic carbocycles. The van der Waals surface area contributed by atoms with Crippen molar-refractivity contribution in [3.8, 4) is 0 Å². The summed E-state index contributed by atoms with van der Waals surface area (Å²) in [4.78, 5) is 8.34. The topological polar surface area (TPSA) is 42.1 Å². The first-order valence-corrected chi connectivity index (χ1v) is 7.12. The zero-order valence-corrected chi connectivity index (χ0v) is 10.3. The van der Waals surface area contributed by atoms with Gasteiger partial charge in [0, 0.05) is 17.1 Å². The molecule has 3 nitrogen and oxygen atoms in total. The third kappa shape index (κ3) is 1.90. The molecule has 2 heterocycles. The normalized spacial score (nSPS) is 31.8. The highest BCUT2D eigenvalue weighted by Gasteiger charge is 2.40. The minimum Gasteiger partial charge on any atom is -0.330 e. The highest BCUT2D eigenvalue weighted by atomic mass is 32.1. The van der Waals surface area contributed by atoms with Crippen LogP contribution in [-0.4, -0.2) is 29.0 Å². The molecule has 1 aliphatic heterocycles. The van der Waals surface area contributed by atoms with Gasteiger partial charge in [0.1, 0.15) is 0 Å². The molecule has 88 valence electrons. The highest BCUT2D eigenvalue weighted by Crippen LogP contribution is 2.43. The zero-order valence-electron chi connectivity index (χ0n) is 9.51. The fourth-order valence-electron chi connectivity index (χ4n) is 2.93. The lowest BCUT2D eigenvalue weighted by Gasteiger charge is -2.40. The third-order valence-corrected chi connectivity index (χ3v) is 4.70. The van der Waals surface area contributed by atoms with Crippen molar-refractivity contribution >= 4 is 11.3 Å². The summed E-state index contributed by atoms with van der Waals surface area (Å²) in [6, 6.07) is 1.39. The van der Waals surface area contributed by atoms with E-state index in [0.717, 1.165) is 12.6 Å². The Hall–Kier alpha value is -0.450. The summed E-state index contributed by atoms with van der Waals surface area (Å²) >= 11 is 1.79. The fraction of sp³-hybridized carbons (Fsp3) is 0.750. The predicted molar refractivity (Wildman–Crippen MR) is 66.4 cm³/mol. The molecule has 2 N–H and O–H groups in total. The van der Waals surface area contributed by atoms with E-state index in [2.05, 4.69) is 9.88 Å². The van der Waals surface area contributed by atoms with E-state index < -0.39 is 0 Å². The van der Waals surface area contributed by atoms with Crippen LogP contribution in [0.4, 0.5) is 0 Å². The Morgan fingerprint density at radius 2 is 2.31 bits per heavy atom. The van der Waals surface area contributed by atoms with Crippen LogP contribution in [0.3, 0.4) is 0 Å². The van der Waals surface area contributed by atoms with Crippen LogP contribution in [0.25, 0.3) is 0 Å². The summed E-state index contributed by atoms with van der Waals surface area (Å²) in [7, 11) is 0. The van der Waals surface area contributed by atoms with Gasteiger partial charge in [-0.15, -0.1) is 11.3 Å². The van der Waals surface area contributed by atoms with Gasteiger partial charge in [-0.2, -0.15) is 0 Å². The van der Waals surface area contributed by atoms with E-state index in [1.54, 1.807) is 11.3 Å². The monoisotopic (exact) mass is 237 g/mol. The molecule has 4 heteroatoms. The van der Waals surface area contributed by atoms with E-state index >= 15 is 0 Å². The Balaban J connectivity index is 1.86. The summed E-state index contributed by atoms with van der Waals surface area (Å²) in [6.45, 7) is 2.07. The molecule has 1 aromatic rings. The lowest BCUT2D eigenvalue weighted by molar-refractivity contribution is 0.0903. The second-order valence-electron chi connectivity index (χ2n) is 4.96. The number of thiazole rings is 1. The maximum atomic E-state index is 5.94. The van der Waals surface area contributed by atoms with Crippen LogP contribution >= 0.6 is 11.3 Å². The van der Waals surface area contributed by atoms with E-state index in [-0.39, 0.29) is 0 Å². The molecule has 2 unspecified atom stereocenters. The Morgan fingerprint density at radius 3 is 2.94 bits per heavy atom. The average molecular weight is 237 g/mol. The second-order valence-corrected chi connectivity index (χ2v) is 5.87. The van der Waals surface area contributed by atoms with Gasteiger partial charge in [-0.05, 0) is 44.7 Å². The van der Waals surface area contributed by atoms with Crippen molar-refractivity contribution in [2.45, 2.75) is 37.8 Å². The smallest absolute Gasteiger partial charge is 0.0794 e. The van der Waals surface area contributed by atoms with Gasteiger partial charge >= 0.3 is 0 Å². The molecule has 0 radical (unpaired) electrons. The van der Waals surface area contributed by atoms with Crippen molar-refractivity contribution < 1.29 is 0 Å². The first-order valence-electron chi connectivity index (χ1n) is 6.24. The van der Waals surface area contributed by atoms with Gasteiger partial charge in [0.15, 0.2) is 0 Å². The molecule has 1 saturated heterocycles. The van der Waals surface area contributed by atoms with Crippen LogP contribution in [0.2, 0.25) is 0 Å². The average Bonchev–Trinajstić information content (AvgIpc) is 3.04. The Morgan fingerprint density at radius 1 is 1.44 bits per heavy atom. The number of aromatic nitrogens is 1. The molecule has 2 fully saturated rings. The SMILES string of the molecule is NCC1CCCN(C2CC2)C1c1cncs1. The largest absolute Gasteiger partial charge is 0.330 e. The Kier molecular flexibility index (Phi) is 2.96. The zero-order chi connectivity index (χ0) is 11.0. The quantitative estimate of drug-likeness (QED) is 0.874. The molecule has 1 aromatic heterocycles. The van der Waals surface area contributed by atoms with E-state index in [0.29, 0.717) is 12.0 Å². The van der Waals surface area contributed by atoms with E-state index in [1.165, 1.54) is 37.1 Å². The first-order chi connectivity index (χ1) is 7.90. The van der Waals surface area contributed by atoms with Gasteiger partial charge < -0.3 is 5.73 Å². The highest BCUT2D eigenvalue weighted by molar-refractivity contribution is 7.09. The minimum atomic E-state index is 0.554. The molecule has 2 aliphatic rings. The number of hydrogen-bond acceptors (Lipinski definition) is 4. The van der Waals surface area contributed by atoms with Crippen molar-refractivity contribution in [1.82, 2.24) is 9.88 Å². The molecule has 0 amide bonds. The van der Waals surface area contributed by atoms with Crippen molar-refractivity contribution in [1.29, 1.82) is 0 Å². The summed E-state index contributed by atoms with van der Waals surface area (Å²) in [6.07, 6.45) is 7.40. The van der Waals surface area contributed by atoms with Gasteiger partial charge in [0.25, 0.3) is 0 Å². The molecule has 3 rings (SSSR count). The van der Waals surface area contributed by atoms with Crippen molar-refractivity contribution in [2.75, 3.05) is 13.1 Å². The van der Waals surface area contributed by atoms with E-state index in [4.69, 9.17) is 5.73 Å². The molecule has 1 saturated carbocycles. The van der Waals surface area contributed by atoms with Crippen LogP contribution in [-0.2, 0) is 0 Å². The number of nitrogens with two attached hydrogens (primary N) is 1. The van der Waals surface area contributed by atoms with Gasteiger partial charge in [-0.3, -0.25) is 9.88 Å². The Labute approximate surface area is 101 Å². The second kappa shape index (κ2) is 4.43. The third-order valence-electron chi connectivity index (χ3n) is 3.86. The van der Waals surface area contributed by atoms with Gasteiger partial charge in [-0.1, -0.05) is 0 Å². The first kappa shape index (κ1) is 10.7. The minimum absolute atomic E-state index is 0.554. The van der Waals surface area contributed by atoms with Crippen LogP contribution < -0.4 is 5.73 Å². The van der Waals surface area contributed by atoms with Crippen LogP contribution in [0.1, 0.15) is 36.6 Å². The molecule has 0 spiro atoms. The summed E-state index contributed by atoms with van der Waals surface area (Å²) in [5, 5.41) is 0. The van der Waals surface area contributed by atoms with E-state index in [1.807, 2.05) is 11.7 Å². The summed E-state index contributed by atoms with van der Waals surface area (Å²) in [5.74, 6) is 0.634. The lowest BCUT2D eigenvalue weighted by atomic mass is 9.88. The fourth-order valence-corrected chi connectivity index (χ4v) is 3.77. The van der Waals surface area contributed by atoms with Gasteiger partial charge in [0.2, 0.25) is 0 Å². The van der Waals surface area contributed by atoms with Crippen molar-refractivity contribution in [3.63, 3.8) is 0 Å². The van der Waals surface area contributed by atoms with Crippen LogP contribution in [0, 0.1) is 5.92 Å². The van der Waals surface area contributed by atoms with Crippen molar-refractivity contribution in [3.05, 3.63) is 16.6 Å².